The number of nitrogens with zero attached hydrogens (tertiary/aromatic N) is 1. The molecule has 1 aliphatic heterocycles. The Balaban J connectivity index is 1.68. The van der Waals surface area contributed by atoms with Crippen LogP contribution in [0.3, 0.4) is 0 Å². The van der Waals surface area contributed by atoms with E-state index >= 15 is 0 Å². The quantitative estimate of drug-likeness (QED) is 0.349. The minimum atomic E-state index is -5.17. The summed E-state index contributed by atoms with van der Waals surface area (Å²) in [6.45, 7) is 6.37. The molecule has 0 saturated heterocycles. The fraction of sp³-hybridized carbons (Fsp3) is 0.290. The normalized spacial score (nSPS) is 19.7. The third kappa shape index (κ3) is 5.08. The van der Waals surface area contributed by atoms with E-state index in [4.69, 9.17) is 11.6 Å². The summed E-state index contributed by atoms with van der Waals surface area (Å²) in [5, 5.41) is 3.41. The molecule has 8 heteroatoms. The van der Waals surface area contributed by atoms with E-state index in [1.54, 1.807) is 42.5 Å². The van der Waals surface area contributed by atoms with Crippen LogP contribution in [0.25, 0.3) is 0 Å². The lowest BCUT2D eigenvalue weighted by Crippen LogP contribution is -2.45. The summed E-state index contributed by atoms with van der Waals surface area (Å²) in [4.78, 5) is 27.6. The molecule has 0 saturated carbocycles. The molecule has 5 rings (SSSR count). The van der Waals surface area contributed by atoms with Crippen LogP contribution in [0.4, 0.5) is 24.5 Å². The van der Waals surface area contributed by atoms with E-state index in [0.717, 1.165) is 11.1 Å². The SMILES string of the molecule is CC(C)(C)c1ccc([C@H]2CC(=O)C3=C(C2)Nc2ccccc2N(C(=O)C(F)(F)F)[C@H]3c2ccccc2Cl)cc1. The van der Waals surface area contributed by atoms with Crippen molar-refractivity contribution in [2.24, 2.45) is 0 Å². The van der Waals surface area contributed by atoms with Crippen LogP contribution < -0.4 is 10.2 Å². The van der Waals surface area contributed by atoms with Crippen LogP contribution in [0.1, 0.15) is 62.3 Å². The molecule has 0 radical (unpaired) electrons. The molecule has 2 aliphatic rings. The van der Waals surface area contributed by atoms with Crippen LogP contribution in [-0.2, 0) is 15.0 Å². The lowest BCUT2D eigenvalue weighted by molar-refractivity contribution is -0.170. The molecule has 202 valence electrons. The molecule has 2 atom stereocenters. The van der Waals surface area contributed by atoms with Gasteiger partial charge in [-0.25, -0.2) is 0 Å². The highest BCUT2D eigenvalue weighted by molar-refractivity contribution is 6.31. The Morgan fingerprint density at radius 2 is 1.56 bits per heavy atom. The summed E-state index contributed by atoms with van der Waals surface area (Å²) in [6.07, 6.45) is -4.69. The monoisotopic (exact) mass is 552 g/mol. The van der Waals surface area contributed by atoms with Crippen LogP contribution in [0, 0.1) is 0 Å². The average Bonchev–Trinajstić information content (AvgIpc) is 3.02. The van der Waals surface area contributed by atoms with Gasteiger partial charge < -0.3 is 5.32 Å². The van der Waals surface area contributed by atoms with Gasteiger partial charge in [0.15, 0.2) is 5.78 Å². The molecule has 0 unspecified atom stereocenters. The molecule has 0 aromatic heterocycles. The lowest BCUT2D eigenvalue weighted by Gasteiger charge is -2.35. The van der Waals surface area contributed by atoms with Gasteiger partial charge in [0, 0.05) is 22.7 Å². The zero-order chi connectivity index (χ0) is 28.1. The smallest absolute Gasteiger partial charge is 0.357 e. The van der Waals surface area contributed by atoms with Crippen LogP contribution >= 0.6 is 11.6 Å². The van der Waals surface area contributed by atoms with E-state index in [0.29, 0.717) is 22.7 Å². The van der Waals surface area contributed by atoms with Crippen LogP contribution in [0.5, 0.6) is 0 Å². The van der Waals surface area contributed by atoms with Crippen molar-refractivity contribution in [2.45, 2.75) is 57.2 Å². The number of anilines is 2. The summed E-state index contributed by atoms with van der Waals surface area (Å²) in [5.41, 5.74) is 3.32. The first-order valence-corrected chi connectivity index (χ1v) is 13.1. The average molecular weight is 553 g/mol. The predicted molar refractivity (Wildman–Crippen MR) is 147 cm³/mol. The molecular formula is C31H28ClF3N2O2. The maximum Gasteiger partial charge on any atom is 0.471 e. The van der Waals surface area contributed by atoms with E-state index in [-0.39, 0.29) is 45.4 Å². The highest BCUT2D eigenvalue weighted by atomic mass is 35.5. The standard InChI is InChI=1S/C31H28ClF3N2O2/c1-30(2,3)20-14-12-18(13-15-20)19-16-24-27(26(38)17-19)28(21-8-4-5-9-22(21)32)37(29(39)31(33,34)35)25-11-7-6-10-23(25)36-24/h4-15,19,28,36H,16-17H2,1-3H3/t19-,28+/m1/s1. The highest BCUT2D eigenvalue weighted by Crippen LogP contribution is 2.49. The van der Waals surface area contributed by atoms with E-state index in [1.165, 1.54) is 6.07 Å². The second kappa shape index (κ2) is 9.87. The first-order chi connectivity index (χ1) is 18.4. The molecule has 4 nitrogen and oxygen atoms in total. The van der Waals surface area contributed by atoms with Crippen molar-refractivity contribution < 1.29 is 22.8 Å². The third-order valence-electron chi connectivity index (χ3n) is 7.40. The number of alkyl halides is 3. The fourth-order valence-electron chi connectivity index (χ4n) is 5.43. The Morgan fingerprint density at radius 1 is 0.923 bits per heavy atom. The van der Waals surface area contributed by atoms with Crippen molar-refractivity contribution in [2.75, 3.05) is 10.2 Å². The molecule has 3 aromatic carbocycles. The summed E-state index contributed by atoms with van der Waals surface area (Å²) in [5.74, 6) is -2.57. The maximum absolute atomic E-state index is 14.0. The van der Waals surface area contributed by atoms with E-state index < -0.39 is 18.1 Å². The number of ketones is 1. The second-order valence-electron chi connectivity index (χ2n) is 11.0. The van der Waals surface area contributed by atoms with Gasteiger partial charge in [-0.3, -0.25) is 14.5 Å². The molecular weight excluding hydrogens is 525 g/mol. The van der Waals surface area contributed by atoms with Crippen LogP contribution in [-0.4, -0.2) is 17.9 Å². The Hall–Kier alpha value is -3.58. The number of benzene rings is 3. The predicted octanol–water partition coefficient (Wildman–Crippen LogP) is 8.10. The number of halogens is 4. The lowest BCUT2D eigenvalue weighted by atomic mass is 9.77. The number of carbonyl (C=O) groups is 2. The number of Topliss-reactive ketones (excluding diaryl/α,β-unsaturated/α-hetero) is 1. The Labute approximate surface area is 230 Å². The number of hydrogen-bond acceptors (Lipinski definition) is 3. The molecule has 39 heavy (non-hydrogen) atoms. The van der Waals surface area contributed by atoms with E-state index in [1.807, 2.05) is 12.1 Å². The van der Waals surface area contributed by atoms with Gasteiger partial charge in [-0.1, -0.05) is 87.0 Å². The van der Waals surface area contributed by atoms with Crippen molar-refractivity contribution in [3.63, 3.8) is 0 Å². The molecule has 1 heterocycles. The van der Waals surface area contributed by atoms with Gasteiger partial charge in [-0.05, 0) is 52.6 Å². The number of fused-ring (bicyclic) bond motifs is 1. The first-order valence-electron chi connectivity index (χ1n) is 12.7. The summed E-state index contributed by atoms with van der Waals surface area (Å²) in [7, 11) is 0. The van der Waals surface area contributed by atoms with Crippen LogP contribution in [0.15, 0.2) is 84.1 Å². The summed E-state index contributed by atoms with van der Waals surface area (Å²) >= 11 is 6.50. The van der Waals surface area contributed by atoms with Gasteiger partial charge in [-0.15, -0.1) is 0 Å². The van der Waals surface area contributed by atoms with Crippen molar-refractivity contribution >= 4 is 34.7 Å². The fourth-order valence-corrected chi connectivity index (χ4v) is 5.67. The van der Waals surface area contributed by atoms with Crippen molar-refractivity contribution in [1.82, 2.24) is 0 Å². The van der Waals surface area contributed by atoms with Gasteiger partial charge >= 0.3 is 12.1 Å². The zero-order valence-corrected chi connectivity index (χ0v) is 22.5. The first kappa shape index (κ1) is 27.0. The number of hydrogen-bond donors (Lipinski definition) is 1. The zero-order valence-electron chi connectivity index (χ0n) is 21.8. The topological polar surface area (TPSA) is 49.4 Å². The van der Waals surface area contributed by atoms with E-state index in [2.05, 4.69) is 38.2 Å². The van der Waals surface area contributed by atoms with Crippen molar-refractivity contribution in [1.29, 1.82) is 0 Å². The van der Waals surface area contributed by atoms with Gasteiger partial charge in [0.25, 0.3) is 0 Å². The van der Waals surface area contributed by atoms with Crippen molar-refractivity contribution in [3.05, 3.63) is 106 Å². The molecule has 0 spiro atoms. The molecule has 1 aliphatic carbocycles. The minimum Gasteiger partial charge on any atom is -0.357 e. The number of allylic oxidation sites excluding steroid dienone is 1. The third-order valence-corrected chi connectivity index (χ3v) is 7.74. The molecule has 0 fully saturated rings. The van der Waals surface area contributed by atoms with Crippen LogP contribution in [0.2, 0.25) is 5.02 Å². The van der Waals surface area contributed by atoms with Crippen molar-refractivity contribution in [3.8, 4) is 0 Å². The number of para-hydroxylation sites is 2. The van der Waals surface area contributed by atoms with E-state index in [9.17, 15) is 22.8 Å². The van der Waals surface area contributed by atoms with Gasteiger partial charge in [0.2, 0.25) is 0 Å². The Bertz CT molecular complexity index is 1470. The van der Waals surface area contributed by atoms with Gasteiger partial charge in [0.05, 0.1) is 17.4 Å². The molecule has 3 aromatic rings. The largest absolute Gasteiger partial charge is 0.471 e. The summed E-state index contributed by atoms with van der Waals surface area (Å²) < 4.78 is 42.1. The van der Waals surface area contributed by atoms with Gasteiger partial charge in [-0.2, -0.15) is 13.2 Å². The number of amides is 1. The van der Waals surface area contributed by atoms with Gasteiger partial charge in [0.1, 0.15) is 0 Å². The Morgan fingerprint density at radius 3 is 2.21 bits per heavy atom. The summed E-state index contributed by atoms with van der Waals surface area (Å²) in [6, 6.07) is 19.5. The number of rotatable bonds is 2. The highest BCUT2D eigenvalue weighted by Gasteiger charge is 2.50. The minimum absolute atomic E-state index is 0.0259. The number of nitrogens with one attached hydrogen (secondary N) is 1. The molecule has 1 amide bonds. The Kier molecular flexibility index (Phi) is 6.83. The number of carbonyl (C=O) groups excluding carboxylic acids is 2. The maximum atomic E-state index is 14.0. The molecule has 1 N–H and O–H groups in total. The molecule has 0 bridgehead atoms. The second-order valence-corrected chi connectivity index (χ2v) is 11.4.